The van der Waals surface area contributed by atoms with Gasteiger partial charge in [-0.3, -0.25) is 0 Å². The first-order valence-corrected chi connectivity index (χ1v) is 7.94. The number of ether oxygens (including phenoxy) is 2. The first-order valence-electron chi connectivity index (χ1n) is 7.94. The Hall–Kier alpha value is -0.700. The summed E-state index contributed by atoms with van der Waals surface area (Å²) >= 11 is 0. The summed E-state index contributed by atoms with van der Waals surface area (Å²) in [7, 11) is 3.00. The minimum absolute atomic E-state index is 0.603. The lowest BCUT2D eigenvalue weighted by atomic mass is 10.1. The lowest BCUT2D eigenvalue weighted by Gasteiger charge is -2.24. The van der Waals surface area contributed by atoms with Crippen LogP contribution in [0.15, 0.2) is 4.99 Å². The average Bonchev–Trinajstić information content (AvgIpc) is 2.48. The maximum atomic E-state index is 10.4. The van der Waals surface area contributed by atoms with Gasteiger partial charge in [0.05, 0.1) is 0 Å². The Morgan fingerprint density at radius 3 is 1.70 bits per heavy atom. The molecule has 4 heteroatoms. The normalized spacial score (nSPS) is 11.3. The van der Waals surface area contributed by atoms with Gasteiger partial charge in [0.15, 0.2) is 0 Å². The fourth-order valence-electron chi connectivity index (χ4n) is 2.34. The second-order valence-corrected chi connectivity index (χ2v) is 5.26. The zero-order chi connectivity index (χ0) is 15.1. The van der Waals surface area contributed by atoms with Gasteiger partial charge in [0.2, 0.25) is 6.08 Å². The summed E-state index contributed by atoms with van der Waals surface area (Å²) in [6.07, 6.45) is 14.8. The molecule has 0 heterocycles. The lowest BCUT2D eigenvalue weighted by Crippen LogP contribution is -2.31. The highest BCUT2D eigenvalue weighted by Crippen LogP contribution is 2.21. The topological polar surface area (TPSA) is 47.9 Å². The van der Waals surface area contributed by atoms with Crippen LogP contribution in [-0.4, -0.2) is 26.2 Å². The first kappa shape index (κ1) is 19.3. The summed E-state index contributed by atoms with van der Waals surface area (Å²) in [5.41, 5.74) is 0. The number of methoxy groups -OCH3 is 2. The van der Waals surface area contributed by atoms with Crippen LogP contribution in [0.25, 0.3) is 0 Å². The average molecular weight is 285 g/mol. The van der Waals surface area contributed by atoms with Crippen LogP contribution in [0.4, 0.5) is 0 Å². The van der Waals surface area contributed by atoms with E-state index in [0.29, 0.717) is 6.42 Å². The van der Waals surface area contributed by atoms with E-state index in [4.69, 9.17) is 9.47 Å². The lowest BCUT2D eigenvalue weighted by molar-refractivity contribution is -0.204. The third-order valence-electron chi connectivity index (χ3n) is 3.70. The van der Waals surface area contributed by atoms with E-state index in [0.717, 1.165) is 12.8 Å². The predicted molar refractivity (Wildman–Crippen MR) is 81.3 cm³/mol. The molecule has 0 radical (unpaired) electrons. The number of hydrogen-bond acceptors (Lipinski definition) is 4. The molecule has 0 aromatic heterocycles. The third kappa shape index (κ3) is 9.24. The van der Waals surface area contributed by atoms with Crippen LogP contribution in [0.3, 0.4) is 0 Å². The molecule has 0 amide bonds. The molecule has 0 bridgehead atoms. The molecule has 0 aromatic rings. The van der Waals surface area contributed by atoms with Gasteiger partial charge in [-0.05, 0) is 6.42 Å². The highest BCUT2D eigenvalue weighted by atomic mass is 16.7. The van der Waals surface area contributed by atoms with Crippen LogP contribution in [0.2, 0.25) is 0 Å². The Balaban J connectivity index is 3.53. The maximum absolute atomic E-state index is 10.4. The van der Waals surface area contributed by atoms with Crippen molar-refractivity contribution in [1.29, 1.82) is 0 Å². The summed E-state index contributed by atoms with van der Waals surface area (Å²) in [6, 6.07) is 0. The summed E-state index contributed by atoms with van der Waals surface area (Å²) in [4.78, 5) is 14.0. The molecule has 0 aliphatic carbocycles. The molecule has 0 rings (SSSR count). The standard InChI is InChI=1S/C16H31NO3/c1-4-5-6-7-8-9-10-11-12-13-14-16(19-2,20-3)17-15-18/h4-14H2,1-3H3. The van der Waals surface area contributed by atoms with E-state index in [-0.39, 0.29) is 0 Å². The van der Waals surface area contributed by atoms with Crippen molar-refractivity contribution in [3.8, 4) is 0 Å². The Labute approximate surface area is 123 Å². The van der Waals surface area contributed by atoms with Gasteiger partial charge in [-0.25, -0.2) is 4.79 Å². The third-order valence-corrected chi connectivity index (χ3v) is 3.70. The fourth-order valence-corrected chi connectivity index (χ4v) is 2.34. The van der Waals surface area contributed by atoms with Crippen molar-refractivity contribution in [3.05, 3.63) is 0 Å². The van der Waals surface area contributed by atoms with E-state index < -0.39 is 5.91 Å². The van der Waals surface area contributed by atoms with Crippen molar-refractivity contribution < 1.29 is 14.3 Å². The number of aliphatic imine (C=N–C) groups is 1. The molecule has 0 saturated heterocycles. The van der Waals surface area contributed by atoms with E-state index in [1.54, 1.807) is 0 Å². The van der Waals surface area contributed by atoms with Gasteiger partial charge in [0.1, 0.15) is 0 Å². The second-order valence-electron chi connectivity index (χ2n) is 5.26. The fraction of sp³-hybridized carbons (Fsp3) is 0.938. The van der Waals surface area contributed by atoms with E-state index >= 15 is 0 Å². The minimum atomic E-state index is -1.12. The molecule has 0 aliphatic heterocycles. The maximum Gasteiger partial charge on any atom is 0.279 e. The van der Waals surface area contributed by atoms with Crippen molar-refractivity contribution in [2.45, 2.75) is 83.5 Å². The number of rotatable bonds is 14. The van der Waals surface area contributed by atoms with Crippen LogP contribution < -0.4 is 0 Å². The molecular formula is C16H31NO3. The molecule has 0 aromatic carbocycles. The summed E-state index contributed by atoms with van der Waals surface area (Å²) < 4.78 is 10.3. The van der Waals surface area contributed by atoms with Crippen LogP contribution >= 0.6 is 0 Å². The zero-order valence-corrected chi connectivity index (χ0v) is 13.5. The van der Waals surface area contributed by atoms with E-state index in [2.05, 4.69) is 11.9 Å². The Morgan fingerprint density at radius 1 is 0.850 bits per heavy atom. The largest absolute Gasteiger partial charge is 0.334 e. The SMILES string of the molecule is CCCCCCCCCCCCC(N=C=O)(OC)OC. The molecular weight excluding hydrogens is 254 g/mol. The summed E-state index contributed by atoms with van der Waals surface area (Å²) in [5, 5.41) is 0. The van der Waals surface area contributed by atoms with Crippen LogP contribution in [0.5, 0.6) is 0 Å². The molecule has 20 heavy (non-hydrogen) atoms. The number of isocyanates is 1. The second kappa shape index (κ2) is 13.3. The molecule has 0 aliphatic rings. The van der Waals surface area contributed by atoms with Crippen LogP contribution in [-0.2, 0) is 14.3 Å². The number of nitrogens with zero attached hydrogens (tertiary/aromatic N) is 1. The molecule has 0 atom stereocenters. The molecule has 0 fully saturated rings. The predicted octanol–water partition coefficient (Wildman–Crippen LogP) is 4.58. The molecule has 118 valence electrons. The van der Waals surface area contributed by atoms with Gasteiger partial charge < -0.3 is 9.47 Å². The van der Waals surface area contributed by atoms with Gasteiger partial charge in [-0.2, -0.15) is 0 Å². The summed E-state index contributed by atoms with van der Waals surface area (Å²) in [6.45, 7) is 2.24. The van der Waals surface area contributed by atoms with Gasteiger partial charge in [-0.15, -0.1) is 4.99 Å². The number of unbranched alkanes of at least 4 members (excludes halogenated alkanes) is 9. The Kier molecular flexibility index (Phi) is 12.8. The van der Waals surface area contributed by atoms with E-state index in [1.807, 2.05) is 0 Å². The Morgan fingerprint density at radius 2 is 1.30 bits per heavy atom. The number of carbonyl (C=O) groups excluding carboxylic acids is 1. The van der Waals surface area contributed by atoms with Gasteiger partial charge in [0.25, 0.3) is 5.91 Å². The molecule has 0 N–H and O–H groups in total. The van der Waals surface area contributed by atoms with Crippen LogP contribution in [0.1, 0.15) is 77.6 Å². The van der Waals surface area contributed by atoms with E-state index in [9.17, 15) is 4.79 Å². The minimum Gasteiger partial charge on any atom is -0.334 e. The number of hydrogen-bond donors (Lipinski definition) is 0. The molecule has 0 spiro atoms. The van der Waals surface area contributed by atoms with Gasteiger partial charge >= 0.3 is 0 Å². The van der Waals surface area contributed by atoms with Gasteiger partial charge in [-0.1, -0.05) is 64.7 Å². The monoisotopic (exact) mass is 285 g/mol. The highest BCUT2D eigenvalue weighted by Gasteiger charge is 2.28. The molecule has 0 saturated carbocycles. The smallest absolute Gasteiger partial charge is 0.279 e. The van der Waals surface area contributed by atoms with Crippen molar-refractivity contribution in [3.63, 3.8) is 0 Å². The molecule has 0 unspecified atom stereocenters. The van der Waals surface area contributed by atoms with Crippen molar-refractivity contribution in [2.24, 2.45) is 4.99 Å². The van der Waals surface area contributed by atoms with Crippen LogP contribution in [0, 0.1) is 0 Å². The highest BCUT2D eigenvalue weighted by molar-refractivity contribution is 5.33. The van der Waals surface area contributed by atoms with Crippen molar-refractivity contribution in [1.82, 2.24) is 0 Å². The van der Waals surface area contributed by atoms with E-state index in [1.165, 1.54) is 71.7 Å². The first-order chi connectivity index (χ1) is 9.74. The summed E-state index contributed by atoms with van der Waals surface area (Å²) in [5.74, 6) is -1.12. The Bertz CT molecular complexity index is 258. The van der Waals surface area contributed by atoms with Gasteiger partial charge in [0, 0.05) is 20.6 Å². The van der Waals surface area contributed by atoms with Crippen molar-refractivity contribution >= 4 is 6.08 Å². The quantitative estimate of drug-likeness (QED) is 0.203. The molecule has 4 nitrogen and oxygen atoms in total. The zero-order valence-electron chi connectivity index (χ0n) is 13.5. The van der Waals surface area contributed by atoms with Crippen molar-refractivity contribution in [2.75, 3.05) is 14.2 Å².